The highest BCUT2D eigenvalue weighted by molar-refractivity contribution is 7.98. The molecule has 11 heavy (non-hydrogen) atoms. The molecular weight excluding hydrogens is 156 g/mol. The van der Waals surface area contributed by atoms with E-state index < -0.39 is 0 Å². The first kappa shape index (κ1) is 8.65. The molecule has 0 aromatic carbocycles. The van der Waals surface area contributed by atoms with E-state index in [1.165, 1.54) is 0 Å². The molecule has 0 amide bonds. The predicted octanol–water partition coefficient (Wildman–Crippen LogP) is 2.36. The molecule has 1 aromatic rings. The molecule has 0 aliphatic carbocycles. The second kappa shape index (κ2) is 2.89. The minimum absolute atomic E-state index is 0.148. The van der Waals surface area contributed by atoms with Crippen molar-refractivity contribution in [1.29, 1.82) is 0 Å². The Morgan fingerprint density at radius 3 is 2.45 bits per heavy atom. The highest BCUT2D eigenvalue weighted by Gasteiger charge is 2.15. The fourth-order valence-corrected chi connectivity index (χ4v) is 1.65. The summed E-state index contributed by atoms with van der Waals surface area (Å²) in [6.45, 7) is 6.52. The van der Waals surface area contributed by atoms with E-state index in [9.17, 15) is 0 Å². The van der Waals surface area contributed by atoms with Gasteiger partial charge in [0.15, 0.2) is 5.16 Å². The molecule has 3 heteroatoms. The number of aromatic nitrogens is 2. The van der Waals surface area contributed by atoms with E-state index in [1.54, 1.807) is 11.8 Å². The summed E-state index contributed by atoms with van der Waals surface area (Å²) in [4.78, 5) is 4.23. The molecule has 0 N–H and O–H groups in total. The minimum Gasteiger partial charge on any atom is -0.321 e. The molecule has 0 spiro atoms. The van der Waals surface area contributed by atoms with Crippen molar-refractivity contribution >= 4 is 11.8 Å². The molecule has 1 heterocycles. The summed E-state index contributed by atoms with van der Waals surface area (Å²) in [5.74, 6) is 0. The van der Waals surface area contributed by atoms with E-state index in [1.807, 2.05) is 18.6 Å². The van der Waals surface area contributed by atoms with E-state index in [4.69, 9.17) is 0 Å². The summed E-state index contributed by atoms with van der Waals surface area (Å²) < 4.78 is 2.18. The Hall–Kier alpha value is -0.440. The van der Waals surface area contributed by atoms with Crippen LogP contribution in [-0.4, -0.2) is 15.8 Å². The van der Waals surface area contributed by atoms with Crippen molar-refractivity contribution in [1.82, 2.24) is 9.55 Å². The molecule has 0 aliphatic rings. The molecule has 0 unspecified atom stereocenters. The molecule has 0 fully saturated rings. The van der Waals surface area contributed by atoms with Gasteiger partial charge in [-0.15, -0.1) is 0 Å². The standard InChI is InChI=1S/C8H14N2S/c1-8(2,3)10-6-5-9-7(10)11-4/h5-6H,1-4H3. The van der Waals surface area contributed by atoms with Crippen LogP contribution in [0.15, 0.2) is 17.6 Å². The largest absolute Gasteiger partial charge is 0.321 e. The lowest BCUT2D eigenvalue weighted by atomic mass is 10.1. The van der Waals surface area contributed by atoms with Crippen LogP contribution in [0, 0.1) is 0 Å². The highest BCUT2D eigenvalue weighted by atomic mass is 32.2. The molecule has 0 aliphatic heterocycles. The lowest BCUT2D eigenvalue weighted by Gasteiger charge is -2.22. The summed E-state index contributed by atoms with van der Waals surface area (Å²) in [5.41, 5.74) is 0.148. The molecule has 0 saturated carbocycles. The number of nitrogens with zero attached hydrogens (tertiary/aromatic N) is 2. The molecule has 0 saturated heterocycles. The van der Waals surface area contributed by atoms with Crippen LogP contribution in [-0.2, 0) is 5.54 Å². The van der Waals surface area contributed by atoms with Crippen LogP contribution in [0.1, 0.15) is 20.8 Å². The van der Waals surface area contributed by atoms with Gasteiger partial charge in [0.05, 0.1) is 0 Å². The topological polar surface area (TPSA) is 17.8 Å². The quantitative estimate of drug-likeness (QED) is 0.602. The van der Waals surface area contributed by atoms with Gasteiger partial charge in [0.2, 0.25) is 0 Å². The number of hydrogen-bond donors (Lipinski definition) is 0. The smallest absolute Gasteiger partial charge is 0.168 e. The molecule has 2 nitrogen and oxygen atoms in total. The summed E-state index contributed by atoms with van der Waals surface area (Å²) in [6, 6.07) is 0. The molecule has 1 aromatic heterocycles. The Morgan fingerprint density at radius 1 is 1.45 bits per heavy atom. The molecule has 0 bridgehead atoms. The number of imidazole rings is 1. The van der Waals surface area contributed by atoms with Crippen molar-refractivity contribution in [2.45, 2.75) is 31.5 Å². The van der Waals surface area contributed by atoms with Crippen LogP contribution in [0.3, 0.4) is 0 Å². The summed E-state index contributed by atoms with van der Waals surface area (Å²) in [5, 5.41) is 1.08. The third kappa shape index (κ3) is 1.77. The van der Waals surface area contributed by atoms with Crippen molar-refractivity contribution in [2.75, 3.05) is 6.26 Å². The van der Waals surface area contributed by atoms with E-state index in [0.29, 0.717) is 0 Å². The monoisotopic (exact) mass is 170 g/mol. The average molecular weight is 170 g/mol. The van der Waals surface area contributed by atoms with Gasteiger partial charge in [0.1, 0.15) is 0 Å². The van der Waals surface area contributed by atoms with Crippen LogP contribution >= 0.6 is 11.8 Å². The third-order valence-electron chi connectivity index (χ3n) is 1.51. The Bertz CT molecular complexity index is 234. The predicted molar refractivity (Wildman–Crippen MR) is 49.0 cm³/mol. The van der Waals surface area contributed by atoms with Crippen molar-refractivity contribution in [2.24, 2.45) is 0 Å². The zero-order valence-corrected chi connectivity index (χ0v) is 8.27. The fraction of sp³-hybridized carbons (Fsp3) is 0.625. The van der Waals surface area contributed by atoms with Gasteiger partial charge in [0.25, 0.3) is 0 Å². The van der Waals surface area contributed by atoms with Crippen molar-refractivity contribution in [3.63, 3.8) is 0 Å². The van der Waals surface area contributed by atoms with Gasteiger partial charge < -0.3 is 4.57 Å². The molecule has 1 rings (SSSR count). The Labute approximate surface area is 72.0 Å². The Morgan fingerprint density at radius 2 is 2.09 bits per heavy atom. The molecule has 0 radical (unpaired) electrons. The number of thioether (sulfide) groups is 1. The number of rotatable bonds is 1. The van der Waals surface area contributed by atoms with Gasteiger partial charge in [-0.2, -0.15) is 0 Å². The highest BCUT2D eigenvalue weighted by Crippen LogP contribution is 2.21. The first-order chi connectivity index (χ1) is 5.05. The first-order valence-electron chi connectivity index (χ1n) is 3.63. The van der Waals surface area contributed by atoms with Crippen molar-refractivity contribution in [3.8, 4) is 0 Å². The van der Waals surface area contributed by atoms with Crippen molar-refractivity contribution in [3.05, 3.63) is 12.4 Å². The van der Waals surface area contributed by atoms with Gasteiger partial charge in [-0.25, -0.2) is 4.98 Å². The SMILES string of the molecule is CSc1nccn1C(C)(C)C. The molecule has 62 valence electrons. The summed E-state index contributed by atoms with van der Waals surface area (Å²) in [6.07, 6.45) is 5.91. The van der Waals surface area contributed by atoms with Crippen LogP contribution in [0.5, 0.6) is 0 Å². The molecular formula is C8H14N2S. The lowest BCUT2D eigenvalue weighted by molar-refractivity contribution is 0.367. The Balaban J connectivity index is 3.02. The van der Waals surface area contributed by atoms with Crippen LogP contribution in [0.2, 0.25) is 0 Å². The second-order valence-corrected chi connectivity index (χ2v) is 4.23. The van der Waals surface area contributed by atoms with Gasteiger partial charge in [0, 0.05) is 17.9 Å². The lowest BCUT2D eigenvalue weighted by Crippen LogP contribution is -2.21. The minimum atomic E-state index is 0.148. The van der Waals surface area contributed by atoms with Gasteiger partial charge >= 0.3 is 0 Å². The Kier molecular flexibility index (Phi) is 2.28. The maximum Gasteiger partial charge on any atom is 0.168 e. The van der Waals surface area contributed by atoms with Crippen LogP contribution in [0.4, 0.5) is 0 Å². The average Bonchev–Trinajstić information content (AvgIpc) is 2.31. The maximum atomic E-state index is 4.23. The summed E-state index contributed by atoms with van der Waals surface area (Å²) >= 11 is 1.68. The van der Waals surface area contributed by atoms with E-state index >= 15 is 0 Å². The summed E-state index contributed by atoms with van der Waals surface area (Å²) in [7, 11) is 0. The van der Waals surface area contributed by atoms with Gasteiger partial charge in [-0.05, 0) is 27.0 Å². The fourth-order valence-electron chi connectivity index (χ4n) is 0.951. The number of hydrogen-bond acceptors (Lipinski definition) is 2. The van der Waals surface area contributed by atoms with Crippen LogP contribution in [0.25, 0.3) is 0 Å². The first-order valence-corrected chi connectivity index (χ1v) is 4.86. The van der Waals surface area contributed by atoms with E-state index in [-0.39, 0.29) is 5.54 Å². The second-order valence-electron chi connectivity index (χ2n) is 3.45. The normalized spacial score (nSPS) is 12.0. The van der Waals surface area contributed by atoms with Crippen molar-refractivity contribution < 1.29 is 0 Å². The van der Waals surface area contributed by atoms with Gasteiger partial charge in [-0.1, -0.05) is 11.8 Å². The zero-order chi connectivity index (χ0) is 8.48. The third-order valence-corrected chi connectivity index (χ3v) is 2.18. The van der Waals surface area contributed by atoms with Crippen LogP contribution < -0.4 is 0 Å². The maximum absolute atomic E-state index is 4.23. The molecule has 0 atom stereocenters. The van der Waals surface area contributed by atoms with Gasteiger partial charge in [-0.3, -0.25) is 0 Å². The van der Waals surface area contributed by atoms with E-state index in [2.05, 4.69) is 30.3 Å². The zero-order valence-electron chi connectivity index (χ0n) is 7.46. The van der Waals surface area contributed by atoms with E-state index in [0.717, 1.165) is 5.16 Å².